The minimum atomic E-state index is -4.30. The molecule has 7 atom stereocenters. The molecule has 17 nitrogen and oxygen atoms in total. The number of amidine groups is 1. The molecule has 2 aromatic rings. The van der Waals surface area contributed by atoms with Crippen LogP contribution >= 0.6 is 25.8 Å². The van der Waals surface area contributed by atoms with E-state index in [1.165, 1.54) is 23.8 Å². The van der Waals surface area contributed by atoms with E-state index in [0.717, 1.165) is 0 Å². The van der Waals surface area contributed by atoms with Crippen LogP contribution in [0.2, 0.25) is 0 Å². The number of hydrogen-bond acceptors (Lipinski definition) is 14. The average molecular weight is 650 g/mol. The number of carbonyl (C=O) groups excluding carboxylic acids is 1. The summed E-state index contributed by atoms with van der Waals surface area (Å²) in [6.45, 7) is -8.72. The summed E-state index contributed by atoms with van der Waals surface area (Å²) in [4.78, 5) is 44.7. The first-order chi connectivity index (χ1) is 19.5. The van der Waals surface area contributed by atoms with Crippen molar-refractivity contribution in [2.24, 2.45) is 9.98 Å². The highest BCUT2D eigenvalue weighted by atomic mass is 32.7. The van der Waals surface area contributed by atoms with Crippen molar-refractivity contribution in [1.29, 1.82) is 5.41 Å². The van der Waals surface area contributed by atoms with Gasteiger partial charge in [0.25, 0.3) is 5.91 Å². The van der Waals surface area contributed by atoms with Crippen LogP contribution in [0.5, 0.6) is 0 Å². The maximum atomic E-state index is 15.9. The summed E-state index contributed by atoms with van der Waals surface area (Å²) in [5.41, 5.74) is 0.910. The molecule has 220 valence electrons. The number of aliphatic imine (C=N–C) groups is 2. The lowest BCUT2D eigenvalue weighted by Gasteiger charge is -2.30. The Bertz CT molecular complexity index is 1560. The Hall–Kier alpha value is -2.25. The lowest BCUT2D eigenvalue weighted by atomic mass is 10.1. The van der Waals surface area contributed by atoms with E-state index < -0.39 is 62.6 Å². The van der Waals surface area contributed by atoms with E-state index in [1.54, 1.807) is 4.57 Å². The number of alkyl halides is 1. The molecule has 22 heteroatoms. The molecular weight excluding hydrogens is 627 g/mol. The van der Waals surface area contributed by atoms with E-state index in [1.807, 2.05) is 0 Å². The largest absolute Gasteiger partial charge is 0.387 e. The van der Waals surface area contributed by atoms with Gasteiger partial charge in [0.15, 0.2) is 29.9 Å². The minimum Gasteiger partial charge on any atom is -0.346 e. The predicted molar refractivity (Wildman–Crippen MR) is 146 cm³/mol. The topological polar surface area (TPSA) is 208 Å². The summed E-state index contributed by atoms with van der Waals surface area (Å²) in [5.74, 6) is -0.805. The Morgan fingerprint density at radius 3 is 2.98 bits per heavy atom. The fourth-order valence-electron chi connectivity index (χ4n) is 4.60. The molecule has 0 aromatic carbocycles. The van der Waals surface area contributed by atoms with Crippen molar-refractivity contribution in [3.05, 3.63) is 18.3 Å². The second-order valence-corrected chi connectivity index (χ2v) is 14.8. The zero-order valence-corrected chi connectivity index (χ0v) is 24.2. The number of hydrogen-bond donors (Lipinski definition) is 4. The number of carbonyl (C=O) groups is 1. The molecule has 0 radical (unpaired) electrons. The van der Waals surface area contributed by atoms with Crippen molar-refractivity contribution < 1.29 is 41.5 Å². The van der Waals surface area contributed by atoms with Gasteiger partial charge in [0.1, 0.15) is 36.5 Å². The Morgan fingerprint density at radius 2 is 2.15 bits per heavy atom. The third-order valence-electron chi connectivity index (χ3n) is 6.39. The number of guanidine groups is 1. The SMILES string of the molecule is N=C1N=C2C(N=CN2[C@H]2O[C@@H]3COP(O)(=S)OCCCn4c(nc5cncnc54)COP(=O)(S)O[C@@H]2[C@@H]3F)C(=O)N1. The number of nitrogens with zero attached hydrogens (tertiary/aromatic N) is 7. The van der Waals surface area contributed by atoms with Gasteiger partial charge in [-0.1, -0.05) is 12.2 Å². The summed E-state index contributed by atoms with van der Waals surface area (Å²) in [7, 11) is 0. The Balaban J connectivity index is 1.32. The van der Waals surface area contributed by atoms with Gasteiger partial charge < -0.3 is 23.2 Å². The number of nitrogens with one attached hydrogen (secondary N) is 2. The van der Waals surface area contributed by atoms with Crippen LogP contribution in [0, 0.1) is 5.41 Å². The molecule has 1 amide bonds. The van der Waals surface area contributed by atoms with Gasteiger partial charge in [0, 0.05) is 6.54 Å². The van der Waals surface area contributed by atoms with E-state index >= 15 is 4.39 Å². The third-order valence-corrected chi connectivity index (χ3v) is 9.60. The number of amides is 1. The molecule has 3 N–H and O–H groups in total. The van der Waals surface area contributed by atoms with Crippen LogP contribution in [-0.4, -0.2) is 97.2 Å². The van der Waals surface area contributed by atoms with Gasteiger partial charge in [0.2, 0.25) is 5.96 Å². The number of aryl methyl sites for hydroxylation is 1. The van der Waals surface area contributed by atoms with Crippen LogP contribution in [0.15, 0.2) is 22.5 Å². The first-order valence-corrected chi connectivity index (χ1v) is 17.3. The zero-order valence-electron chi connectivity index (χ0n) is 20.7. The third kappa shape index (κ3) is 5.86. The summed E-state index contributed by atoms with van der Waals surface area (Å²) >= 11 is 9.14. The van der Waals surface area contributed by atoms with Crippen LogP contribution < -0.4 is 5.32 Å². The predicted octanol–water partition coefficient (Wildman–Crippen LogP) is 0.658. The second-order valence-electron chi connectivity index (χ2n) is 9.07. The van der Waals surface area contributed by atoms with Crippen LogP contribution in [0.1, 0.15) is 12.2 Å². The molecule has 0 saturated carbocycles. The number of rotatable bonds is 1. The molecule has 2 bridgehead atoms. The molecule has 41 heavy (non-hydrogen) atoms. The summed E-state index contributed by atoms with van der Waals surface area (Å²) in [5, 5.41) is 10.0. The van der Waals surface area contributed by atoms with Gasteiger partial charge in [-0.05, 0) is 18.2 Å². The van der Waals surface area contributed by atoms with Crippen molar-refractivity contribution in [3.63, 3.8) is 0 Å². The van der Waals surface area contributed by atoms with E-state index in [0.29, 0.717) is 30.0 Å². The molecule has 1 saturated heterocycles. The summed E-state index contributed by atoms with van der Waals surface area (Å²) in [6, 6.07) is -1.12. The van der Waals surface area contributed by atoms with Gasteiger partial charge in [-0.2, -0.15) is 4.99 Å². The minimum absolute atomic E-state index is 0.0116. The van der Waals surface area contributed by atoms with Gasteiger partial charge in [-0.15, -0.1) is 0 Å². The monoisotopic (exact) mass is 649 g/mol. The smallest absolute Gasteiger partial charge is 0.346 e. The Labute approximate surface area is 240 Å². The molecule has 6 rings (SSSR count). The van der Waals surface area contributed by atoms with Gasteiger partial charge >= 0.3 is 13.5 Å². The molecule has 4 aliphatic rings. The van der Waals surface area contributed by atoms with Crippen molar-refractivity contribution in [3.8, 4) is 0 Å². The van der Waals surface area contributed by atoms with Gasteiger partial charge in [0.05, 0.1) is 25.7 Å². The molecule has 3 unspecified atom stereocenters. The zero-order chi connectivity index (χ0) is 28.9. The van der Waals surface area contributed by atoms with Gasteiger partial charge in [-0.3, -0.25) is 34.5 Å². The van der Waals surface area contributed by atoms with Crippen molar-refractivity contribution in [2.45, 2.75) is 50.2 Å². The number of thiol groups is 1. The average Bonchev–Trinajstić information content (AvgIpc) is 3.58. The molecule has 2 aromatic heterocycles. The summed E-state index contributed by atoms with van der Waals surface area (Å²) in [6.07, 6.45) is -2.10. The first-order valence-electron chi connectivity index (χ1n) is 12.0. The quantitative estimate of drug-likeness (QED) is 0.248. The van der Waals surface area contributed by atoms with E-state index in [4.69, 9.17) is 40.0 Å². The molecule has 0 aliphatic carbocycles. The van der Waals surface area contributed by atoms with Crippen LogP contribution in [0.4, 0.5) is 4.39 Å². The lowest BCUT2D eigenvalue weighted by molar-refractivity contribution is -0.119. The fraction of sp³-hybridized carbons (Fsp3) is 0.526. The number of imidazole rings is 1. The molecule has 0 spiro atoms. The van der Waals surface area contributed by atoms with Crippen molar-refractivity contribution >= 4 is 72.8 Å². The van der Waals surface area contributed by atoms with Crippen LogP contribution in [0.3, 0.4) is 0 Å². The lowest BCUT2D eigenvalue weighted by Crippen LogP contribution is -2.53. The highest BCUT2D eigenvalue weighted by Crippen LogP contribution is 2.57. The second kappa shape index (κ2) is 11.1. The van der Waals surface area contributed by atoms with Crippen LogP contribution in [-0.2, 0) is 57.1 Å². The fourth-order valence-corrected chi connectivity index (χ4v) is 7.14. The highest BCUT2D eigenvalue weighted by molar-refractivity contribution is 8.44. The number of halogens is 1. The Morgan fingerprint density at radius 1 is 1.32 bits per heavy atom. The van der Waals surface area contributed by atoms with E-state index in [2.05, 4.69) is 42.5 Å². The molecule has 4 aliphatic heterocycles. The molecule has 1 fully saturated rings. The summed E-state index contributed by atoms with van der Waals surface area (Å²) < 4.78 is 58.7. The van der Waals surface area contributed by atoms with Gasteiger partial charge in [-0.25, -0.2) is 23.9 Å². The highest BCUT2D eigenvalue weighted by Gasteiger charge is 2.54. The maximum absolute atomic E-state index is 15.9. The first kappa shape index (κ1) is 28.9. The Kier molecular flexibility index (Phi) is 7.82. The standard InChI is InChI=1S/C19H22FN9O8P2S2/c20-12-10-5-34-38(31,40)33-3-1-2-28-11(25-9-4-22-7-23-15(9)28)6-35-39(32,41)37-14(12)18(36-10)29-8-24-13-16(29)26-19(21)27-17(13)30/h4,7-8,10,12-14,18H,1-3,5-6H2,(H,31,40)(H,32,41)(H2,21,27,30)/t10-,12-,13?,14-,18+,38?,39?/m1/s1. The number of aromatic nitrogens is 4. The number of fused-ring (bicyclic) bond motifs is 6. The van der Waals surface area contributed by atoms with Crippen LogP contribution in [0.25, 0.3) is 11.2 Å². The molecular formula is C19H22FN9O8P2S2. The van der Waals surface area contributed by atoms with E-state index in [9.17, 15) is 14.3 Å². The van der Waals surface area contributed by atoms with Crippen molar-refractivity contribution in [1.82, 2.24) is 29.7 Å². The van der Waals surface area contributed by atoms with Crippen molar-refractivity contribution in [2.75, 3.05) is 13.2 Å². The normalized spacial score (nSPS) is 36.6. The maximum Gasteiger partial charge on any atom is 0.387 e. The van der Waals surface area contributed by atoms with E-state index in [-0.39, 0.29) is 19.0 Å². The number of ether oxygens (including phenoxy) is 1. The molecule has 6 heterocycles.